The van der Waals surface area contributed by atoms with E-state index in [-0.39, 0.29) is 0 Å². The summed E-state index contributed by atoms with van der Waals surface area (Å²) in [5, 5.41) is 0. The number of carbonyl (C=O) groups is 1. The Kier molecular flexibility index (Phi) is 1.11. The lowest BCUT2D eigenvalue weighted by atomic mass is 9.88. The Morgan fingerprint density at radius 1 is 1.22 bits per heavy atom. The van der Waals surface area contributed by atoms with Gasteiger partial charge in [-0.1, -0.05) is 0 Å². The zero-order chi connectivity index (χ0) is 6.27. The minimum atomic E-state index is 0.490. The first-order chi connectivity index (χ1) is 4.36. The van der Waals surface area contributed by atoms with Crippen LogP contribution in [0, 0.1) is 11.8 Å². The summed E-state index contributed by atoms with van der Waals surface area (Å²) < 4.78 is 0. The van der Waals surface area contributed by atoms with Crippen molar-refractivity contribution in [3.8, 4) is 0 Å². The van der Waals surface area contributed by atoms with Crippen molar-refractivity contribution in [2.45, 2.75) is 32.1 Å². The number of ketones is 1. The summed E-state index contributed by atoms with van der Waals surface area (Å²) in [5.74, 6) is 1.96. The Hall–Kier alpha value is -0.330. The van der Waals surface area contributed by atoms with Crippen molar-refractivity contribution in [1.29, 1.82) is 0 Å². The maximum Gasteiger partial charge on any atom is 0.135 e. The molecule has 0 amide bonds. The quantitative estimate of drug-likeness (QED) is 0.481. The summed E-state index contributed by atoms with van der Waals surface area (Å²) in [6, 6.07) is 0. The van der Waals surface area contributed by atoms with Gasteiger partial charge in [0.15, 0.2) is 0 Å². The summed E-state index contributed by atoms with van der Waals surface area (Å²) in [6.45, 7) is 0. The molecule has 0 aromatic rings. The monoisotopic (exact) mass is 124 g/mol. The van der Waals surface area contributed by atoms with Gasteiger partial charge in [-0.05, 0) is 31.6 Å². The Balaban J connectivity index is 2.14. The minimum absolute atomic E-state index is 0.490. The molecule has 0 N–H and O–H groups in total. The second kappa shape index (κ2) is 1.83. The highest BCUT2D eigenvalue weighted by molar-refractivity contribution is 5.82. The van der Waals surface area contributed by atoms with Crippen molar-refractivity contribution in [3.63, 3.8) is 0 Å². The van der Waals surface area contributed by atoms with Crippen LogP contribution in [0.3, 0.4) is 0 Å². The van der Waals surface area contributed by atoms with E-state index in [0.717, 1.165) is 12.3 Å². The Bertz CT molecular complexity index is 140. The summed E-state index contributed by atoms with van der Waals surface area (Å²) in [7, 11) is 0. The number of hydrogen-bond donors (Lipinski definition) is 0. The molecule has 50 valence electrons. The molecule has 0 spiro atoms. The molecule has 0 aromatic carbocycles. The lowest BCUT2D eigenvalue weighted by molar-refractivity contribution is -0.124. The molecule has 2 fully saturated rings. The van der Waals surface area contributed by atoms with Gasteiger partial charge in [0.1, 0.15) is 5.78 Å². The van der Waals surface area contributed by atoms with E-state index in [1.54, 1.807) is 0 Å². The van der Waals surface area contributed by atoms with Crippen LogP contribution in [0.2, 0.25) is 0 Å². The number of fused-ring (bicyclic) bond motifs is 2. The van der Waals surface area contributed by atoms with Crippen LogP contribution >= 0.6 is 0 Å². The molecule has 2 bridgehead atoms. The predicted molar refractivity (Wildman–Crippen MR) is 35.1 cm³/mol. The van der Waals surface area contributed by atoms with E-state index in [1.807, 2.05) is 0 Å². The first-order valence-corrected chi connectivity index (χ1v) is 3.89. The highest BCUT2D eigenvalue weighted by Gasteiger charge is 2.33. The molecule has 0 aliphatic heterocycles. The lowest BCUT2D eigenvalue weighted by Crippen LogP contribution is -2.16. The van der Waals surface area contributed by atoms with Crippen LogP contribution in [0.4, 0.5) is 0 Å². The van der Waals surface area contributed by atoms with Crippen LogP contribution < -0.4 is 0 Å². The minimum Gasteiger partial charge on any atom is -0.299 e. The van der Waals surface area contributed by atoms with Gasteiger partial charge in [0.2, 0.25) is 0 Å². The van der Waals surface area contributed by atoms with Gasteiger partial charge in [-0.15, -0.1) is 0 Å². The molecule has 1 unspecified atom stereocenters. The fourth-order valence-electron chi connectivity index (χ4n) is 2.18. The van der Waals surface area contributed by atoms with E-state index in [2.05, 4.69) is 0 Å². The van der Waals surface area contributed by atoms with Crippen molar-refractivity contribution in [1.82, 2.24) is 0 Å². The van der Waals surface area contributed by atoms with E-state index in [4.69, 9.17) is 0 Å². The van der Waals surface area contributed by atoms with Crippen LogP contribution in [0.15, 0.2) is 0 Å². The molecule has 1 heteroatoms. The normalized spacial score (nSPS) is 41.6. The summed E-state index contributed by atoms with van der Waals surface area (Å²) in [6.07, 6.45) is 5.82. The van der Waals surface area contributed by atoms with Gasteiger partial charge in [-0.3, -0.25) is 4.79 Å². The van der Waals surface area contributed by atoms with Crippen LogP contribution in [0.5, 0.6) is 0 Å². The second-order valence-corrected chi connectivity index (χ2v) is 3.38. The Morgan fingerprint density at radius 3 is 2.89 bits per heavy atom. The van der Waals surface area contributed by atoms with Gasteiger partial charge < -0.3 is 0 Å². The van der Waals surface area contributed by atoms with Gasteiger partial charge >= 0.3 is 0 Å². The van der Waals surface area contributed by atoms with Gasteiger partial charge in [0.05, 0.1) is 0 Å². The number of hydrogen-bond acceptors (Lipinski definition) is 1. The molecule has 0 heterocycles. The zero-order valence-electron chi connectivity index (χ0n) is 5.60. The van der Waals surface area contributed by atoms with Crippen LogP contribution in [-0.2, 0) is 4.79 Å². The van der Waals surface area contributed by atoms with E-state index in [1.165, 1.54) is 25.7 Å². The van der Waals surface area contributed by atoms with Gasteiger partial charge in [0, 0.05) is 12.3 Å². The topological polar surface area (TPSA) is 17.1 Å². The molecule has 2 aliphatic carbocycles. The molecule has 2 aliphatic rings. The SMILES string of the molecule is O=C1CCC2CC[C@@H]1C2. The lowest BCUT2D eigenvalue weighted by Gasteiger charge is -2.15. The number of carbonyl (C=O) groups excluding carboxylic acids is 1. The van der Waals surface area contributed by atoms with Crippen molar-refractivity contribution in [2.75, 3.05) is 0 Å². The molecule has 0 radical (unpaired) electrons. The molecule has 9 heavy (non-hydrogen) atoms. The first kappa shape index (κ1) is 5.45. The second-order valence-electron chi connectivity index (χ2n) is 3.38. The van der Waals surface area contributed by atoms with E-state index in [0.29, 0.717) is 11.7 Å². The van der Waals surface area contributed by atoms with Gasteiger partial charge in [-0.2, -0.15) is 0 Å². The van der Waals surface area contributed by atoms with Crippen molar-refractivity contribution in [2.24, 2.45) is 11.8 Å². The van der Waals surface area contributed by atoms with Gasteiger partial charge in [-0.25, -0.2) is 0 Å². The molecular weight excluding hydrogens is 112 g/mol. The van der Waals surface area contributed by atoms with Crippen molar-refractivity contribution >= 4 is 5.78 Å². The van der Waals surface area contributed by atoms with E-state index in [9.17, 15) is 4.79 Å². The maximum absolute atomic E-state index is 11.1. The fourth-order valence-corrected chi connectivity index (χ4v) is 2.18. The highest BCUT2D eigenvalue weighted by Crippen LogP contribution is 2.39. The van der Waals surface area contributed by atoms with Crippen LogP contribution in [0.25, 0.3) is 0 Å². The summed E-state index contributed by atoms with van der Waals surface area (Å²) in [4.78, 5) is 11.1. The Morgan fingerprint density at radius 2 is 2.11 bits per heavy atom. The Labute approximate surface area is 55.4 Å². The predicted octanol–water partition coefficient (Wildman–Crippen LogP) is 1.77. The molecule has 2 saturated carbocycles. The molecule has 1 nitrogen and oxygen atoms in total. The van der Waals surface area contributed by atoms with Crippen LogP contribution in [-0.4, -0.2) is 5.78 Å². The van der Waals surface area contributed by atoms with Gasteiger partial charge in [0.25, 0.3) is 0 Å². The van der Waals surface area contributed by atoms with Crippen LogP contribution in [0.1, 0.15) is 32.1 Å². The molecule has 0 saturated heterocycles. The third kappa shape index (κ3) is 0.790. The zero-order valence-corrected chi connectivity index (χ0v) is 5.60. The van der Waals surface area contributed by atoms with Crippen molar-refractivity contribution in [3.05, 3.63) is 0 Å². The summed E-state index contributed by atoms with van der Waals surface area (Å²) in [5.41, 5.74) is 0. The molecular formula is C8H12O. The average Bonchev–Trinajstić information content (AvgIpc) is 2.25. The first-order valence-electron chi connectivity index (χ1n) is 3.89. The average molecular weight is 124 g/mol. The molecule has 2 atom stereocenters. The van der Waals surface area contributed by atoms with E-state index >= 15 is 0 Å². The highest BCUT2D eigenvalue weighted by atomic mass is 16.1. The summed E-state index contributed by atoms with van der Waals surface area (Å²) >= 11 is 0. The third-order valence-corrected chi connectivity index (χ3v) is 2.80. The largest absolute Gasteiger partial charge is 0.299 e. The third-order valence-electron chi connectivity index (χ3n) is 2.80. The smallest absolute Gasteiger partial charge is 0.135 e. The molecule has 2 rings (SSSR count). The molecule has 0 aromatic heterocycles. The fraction of sp³-hybridized carbons (Fsp3) is 0.875. The van der Waals surface area contributed by atoms with E-state index < -0.39 is 0 Å². The number of Topliss-reactive ketones (excluding diaryl/α,β-unsaturated/α-hetero) is 1. The standard InChI is InChI=1S/C8H12O/c9-8-4-2-6-1-3-7(8)5-6/h6-7H,1-5H2/t6?,7-/m1/s1. The van der Waals surface area contributed by atoms with Crippen molar-refractivity contribution < 1.29 is 4.79 Å². The maximum atomic E-state index is 11.1. The number of rotatable bonds is 0.